The number of nitrogens with one attached hydrogen (secondary N) is 1. The van der Waals surface area contributed by atoms with Crippen LogP contribution in [-0.4, -0.2) is 97.6 Å². The topological polar surface area (TPSA) is 139 Å². The number of nitrogens with zero attached hydrogens (tertiary/aromatic N) is 5. The van der Waals surface area contributed by atoms with Crippen LogP contribution in [0.1, 0.15) is 24.8 Å². The molecule has 0 aliphatic carbocycles. The number of aromatic nitrogens is 2. The molecule has 18 heteroatoms. The molecule has 3 saturated heterocycles. The van der Waals surface area contributed by atoms with Gasteiger partial charge in [-0.05, 0) is 31.0 Å². The summed E-state index contributed by atoms with van der Waals surface area (Å²) < 4.78 is 92.9. The molecular formula is C34H31ClF5N7O4S. The Morgan fingerprint density at radius 2 is 2.06 bits per heavy atom. The first-order chi connectivity index (χ1) is 25.0. The van der Waals surface area contributed by atoms with Crippen molar-refractivity contribution in [1.82, 2.24) is 20.2 Å². The molecule has 11 nitrogen and oxygen atoms in total. The lowest BCUT2D eigenvalue weighted by atomic mass is 9.95. The normalized spacial score (nSPS) is 23.1. The van der Waals surface area contributed by atoms with Gasteiger partial charge in [-0.1, -0.05) is 17.7 Å². The standard InChI is InChI=1S/C34H31ClF5N7O4S/c35-25-23(18-2-3-20(37)29-22(18)19(7-41)30(42)52-29)26(40)27-24-28(25)50-13-17(8-43-32(48)15-11-49-12-15)47(10-21(38)39)31(24)45-33(44-27)51-14-34-4-1-5-46(34)9-16(36)6-34/h2-3,15-17,21H,1,4-6,8-14,42H2,(H,43,48)/t16-,17+,34+/m1/s1. The second-order valence-corrected chi connectivity index (χ2v) is 14.9. The molecule has 52 heavy (non-hydrogen) atoms. The van der Waals surface area contributed by atoms with E-state index in [9.17, 15) is 23.2 Å². The SMILES string of the molecule is N#Cc1c(N)sc2c(F)ccc(-c3c(Cl)c4c5c(nc(OC[C@@]67CCCN6C[C@H](F)C7)nc5c3F)N(CC(F)F)[C@@H](CNC(=O)C3COC3)CO4)c12. The van der Waals surface area contributed by atoms with Gasteiger partial charge in [-0.2, -0.15) is 15.2 Å². The summed E-state index contributed by atoms with van der Waals surface area (Å²) in [6.45, 7) is -0.00264. The molecule has 3 N–H and O–H groups in total. The number of nitrogen functional groups attached to an aromatic ring is 1. The van der Waals surface area contributed by atoms with Crippen LogP contribution in [0.3, 0.4) is 0 Å². The van der Waals surface area contributed by atoms with Crippen molar-refractivity contribution < 1.29 is 41.0 Å². The lowest BCUT2D eigenvalue weighted by Crippen LogP contribution is -2.51. The number of alkyl halides is 3. The third-order valence-electron chi connectivity index (χ3n) is 10.4. The maximum absolute atomic E-state index is 17.2. The Kier molecular flexibility index (Phi) is 8.92. The smallest absolute Gasteiger partial charge is 0.319 e. The largest absolute Gasteiger partial charge is 0.489 e. The van der Waals surface area contributed by atoms with Gasteiger partial charge < -0.3 is 30.2 Å². The average molecular weight is 764 g/mol. The number of benzene rings is 2. The number of nitrogens with two attached hydrogens (primary N) is 1. The van der Waals surface area contributed by atoms with Crippen LogP contribution in [0.4, 0.5) is 32.8 Å². The van der Waals surface area contributed by atoms with Crippen LogP contribution in [-0.2, 0) is 9.53 Å². The van der Waals surface area contributed by atoms with E-state index in [-0.39, 0.29) is 112 Å². The lowest BCUT2D eigenvalue weighted by Gasteiger charge is -2.33. The van der Waals surface area contributed by atoms with Gasteiger partial charge in [-0.25, -0.2) is 22.0 Å². The van der Waals surface area contributed by atoms with Crippen LogP contribution < -0.4 is 25.4 Å². The Balaban J connectivity index is 1.31. The Morgan fingerprint density at radius 3 is 2.79 bits per heavy atom. The molecule has 8 rings (SSSR count). The van der Waals surface area contributed by atoms with E-state index in [1.165, 1.54) is 11.0 Å². The van der Waals surface area contributed by atoms with E-state index >= 15 is 8.78 Å². The third kappa shape index (κ3) is 5.71. The maximum Gasteiger partial charge on any atom is 0.319 e. The van der Waals surface area contributed by atoms with E-state index in [4.69, 9.17) is 31.5 Å². The molecule has 4 aliphatic heterocycles. The first-order valence-corrected chi connectivity index (χ1v) is 17.9. The molecule has 1 amide bonds. The van der Waals surface area contributed by atoms with Gasteiger partial charge in [-0.3, -0.25) is 9.69 Å². The number of ether oxygens (including phenoxy) is 3. The van der Waals surface area contributed by atoms with Gasteiger partial charge in [0.25, 0.3) is 6.43 Å². The summed E-state index contributed by atoms with van der Waals surface area (Å²) in [6, 6.07) is 3.00. The summed E-state index contributed by atoms with van der Waals surface area (Å²) in [4.78, 5) is 24.9. The van der Waals surface area contributed by atoms with Gasteiger partial charge in [0.15, 0.2) is 11.6 Å². The average Bonchev–Trinajstić information content (AvgIpc) is 3.69. The number of amides is 1. The van der Waals surface area contributed by atoms with Crippen molar-refractivity contribution in [2.75, 3.05) is 63.2 Å². The number of hydrogen-bond donors (Lipinski definition) is 2. The van der Waals surface area contributed by atoms with Gasteiger partial charge >= 0.3 is 6.01 Å². The highest BCUT2D eigenvalue weighted by molar-refractivity contribution is 7.23. The van der Waals surface area contributed by atoms with Gasteiger partial charge in [0.05, 0.1) is 57.9 Å². The number of nitriles is 1. The van der Waals surface area contributed by atoms with Gasteiger partial charge in [0.2, 0.25) is 5.91 Å². The molecule has 3 fully saturated rings. The van der Waals surface area contributed by atoms with Crippen LogP contribution >= 0.6 is 22.9 Å². The monoisotopic (exact) mass is 763 g/mol. The lowest BCUT2D eigenvalue weighted by molar-refractivity contribution is -0.138. The minimum absolute atomic E-state index is 0.000166. The van der Waals surface area contributed by atoms with E-state index in [0.717, 1.165) is 23.8 Å². The van der Waals surface area contributed by atoms with Crippen molar-refractivity contribution in [2.24, 2.45) is 5.92 Å². The van der Waals surface area contributed by atoms with Crippen molar-refractivity contribution in [2.45, 2.75) is 43.4 Å². The highest BCUT2D eigenvalue weighted by atomic mass is 35.5. The highest BCUT2D eigenvalue weighted by Gasteiger charge is 2.49. The molecule has 0 radical (unpaired) electrons. The third-order valence-corrected chi connectivity index (χ3v) is 11.7. The molecule has 0 spiro atoms. The minimum atomic E-state index is -2.90. The van der Waals surface area contributed by atoms with Crippen LogP contribution in [0.2, 0.25) is 5.02 Å². The number of anilines is 2. The van der Waals surface area contributed by atoms with Crippen molar-refractivity contribution in [3.8, 4) is 29.0 Å². The van der Waals surface area contributed by atoms with E-state index in [2.05, 4.69) is 15.3 Å². The Labute approximate surface area is 302 Å². The Hall–Kier alpha value is -4.24. The summed E-state index contributed by atoms with van der Waals surface area (Å²) >= 11 is 7.78. The minimum Gasteiger partial charge on any atom is -0.489 e. The zero-order chi connectivity index (χ0) is 36.5. The molecule has 274 valence electrons. The zero-order valence-electron chi connectivity index (χ0n) is 27.4. The van der Waals surface area contributed by atoms with Gasteiger partial charge in [0, 0.05) is 30.5 Å². The number of rotatable bonds is 9. The first-order valence-electron chi connectivity index (χ1n) is 16.7. The summed E-state index contributed by atoms with van der Waals surface area (Å²) in [7, 11) is 0. The molecule has 3 atom stereocenters. The maximum atomic E-state index is 17.2. The Morgan fingerprint density at radius 1 is 1.25 bits per heavy atom. The quantitative estimate of drug-likeness (QED) is 0.212. The van der Waals surface area contributed by atoms with Gasteiger partial charge in [-0.15, -0.1) is 11.3 Å². The Bertz CT molecular complexity index is 2150. The van der Waals surface area contributed by atoms with E-state index in [1.54, 1.807) is 0 Å². The predicted octanol–water partition coefficient (Wildman–Crippen LogP) is 5.45. The van der Waals surface area contributed by atoms with E-state index in [1.807, 2.05) is 11.0 Å². The second kappa shape index (κ2) is 13.3. The summed E-state index contributed by atoms with van der Waals surface area (Å²) in [5.74, 6) is -2.78. The number of halogens is 6. The molecule has 0 bridgehead atoms. The molecule has 6 heterocycles. The zero-order valence-corrected chi connectivity index (χ0v) is 28.9. The van der Waals surface area contributed by atoms with Crippen molar-refractivity contribution in [3.05, 3.63) is 34.4 Å². The summed E-state index contributed by atoms with van der Waals surface area (Å²) in [5, 5.41) is 12.3. The van der Waals surface area contributed by atoms with Crippen LogP contribution in [0.15, 0.2) is 12.1 Å². The second-order valence-electron chi connectivity index (χ2n) is 13.5. The van der Waals surface area contributed by atoms with Crippen LogP contribution in [0.5, 0.6) is 11.8 Å². The number of thiophene rings is 1. The van der Waals surface area contributed by atoms with E-state index < -0.39 is 53.8 Å². The van der Waals surface area contributed by atoms with Crippen LogP contribution in [0.25, 0.3) is 32.1 Å². The summed E-state index contributed by atoms with van der Waals surface area (Å²) in [5.41, 5.74) is 4.66. The number of carbonyl (C=O) groups is 1. The molecule has 2 aromatic heterocycles. The first kappa shape index (κ1) is 34.8. The highest BCUT2D eigenvalue weighted by Crippen LogP contribution is 2.51. The fraction of sp³-hybridized carbons (Fsp3) is 0.471. The number of carbonyl (C=O) groups excluding carboxylic acids is 1. The van der Waals surface area contributed by atoms with E-state index in [0.29, 0.717) is 13.0 Å². The summed E-state index contributed by atoms with van der Waals surface area (Å²) in [6.07, 6.45) is -2.27. The van der Waals surface area contributed by atoms with Crippen molar-refractivity contribution in [3.63, 3.8) is 0 Å². The van der Waals surface area contributed by atoms with Gasteiger partial charge in [0.1, 0.15) is 47.6 Å². The number of fused-ring (bicyclic) bond motifs is 2. The molecular weight excluding hydrogens is 733 g/mol. The van der Waals surface area contributed by atoms with Crippen molar-refractivity contribution in [1.29, 1.82) is 5.26 Å². The molecule has 0 unspecified atom stereocenters. The number of hydrogen-bond acceptors (Lipinski definition) is 11. The van der Waals surface area contributed by atoms with Crippen LogP contribution in [0, 0.1) is 28.9 Å². The predicted molar refractivity (Wildman–Crippen MR) is 183 cm³/mol. The fourth-order valence-corrected chi connectivity index (χ4v) is 9.06. The molecule has 4 aromatic rings. The van der Waals surface area contributed by atoms with Crippen molar-refractivity contribution >= 4 is 60.7 Å². The molecule has 2 aromatic carbocycles. The molecule has 4 aliphatic rings. The fourth-order valence-electron chi connectivity index (χ4n) is 7.78. The molecule has 0 saturated carbocycles.